The Balaban J connectivity index is 1.58. The number of aromatic nitrogens is 3. The van der Waals surface area contributed by atoms with Gasteiger partial charge in [0, 0.05) is 23.2 Å². The highest BCUT2D eigenvalue weighted by Gasteiger charge is 2.38. The average molecular weight is 362 g/mol. The van der Waals surface area contributed by atoms with E-state index < -0.39 is 5.60 Å². The number of aromatic hydroxyl groups is 1. The van der Waals surface area contributed by atoms with E-state index in [1.807, 2.05) is 25.1 Å². The summed E-state index contributed by atoms with van der Waals surface area (Å²) in [5.41, 5.74) is 3.74. The van der Waals surface area contributed by atoms with Gasteiger partial charge in [0.25, 0.3) is 0 Å². The van der Waals surface area contributed by atoms with Gasteiger partial charge >= 0.3 is 0 Å². The van der Waals surface area contributed by atoms with Crippen molar-refractivity contribution in [1.29, 1.82) is 0 Å². The maximum absolute atomic E-state index is 10.8. The van der Waals surface area contributed by atoms with Gasteiger partial charge in [-0.25, -0.2) is 0 Å². The van der Waals surface area contributed by atoms with E-state index in [9.17, 15) is 10.2 Å². The summed E-state index contributed by atoms with van der Waals surface area (Å²) in [7, 11) is 0. The maximum Gasteiger partial charge on any atom is 0.175 e. The number of phenolic OH excluding ortho intramolecular Hbond substituents is 1. The van der Waals surface area contributed by atoms with E-state index in [1.165, 1.54) is 5.56 Å². The molecule has 0 aliphatic heterocycles. The van der Waals surface area contributed by atoms with Gasteiger partial charge in [0.15, 0.2) is 5.82 Å². The first-order chi connectivity index (χ1) is 13.0. The van der Waals surface area contributed by atoms with Gasteiger partial charge in [0.1, 0.15) is 17.0 Å². The molecule has 27 heavy (non-hydrogen) atoms. The van der Waals surface area contributed by atoms with Crippen LogP contribution in [0.4, 0.5) is 5.82 Å². The van der Waals surface area contributed by atoms with Crippen molar-refractivity contribution < 1.29 is 10.2 Å². The van der Waals surface area contributed by atoms with Gasteiger partial charge < -0.3 is 15.5 Å². The predicted octanol–water partition coefficient (Wildman–Crippen LogP) is 3.21. The molecule has 0 atom stereocenters. The van der Waals surface area contributed by atoms with Gasteiger partial charge in [-0.2, -0.15) is 0 Å². The van der Waals surface area contributed by atoms with Crippen molar-refractivity contribution in [2.45, 2.75) is 50.7 Å². The van der Waals surface area contributed by atoms with E-state index in [-0.39, 0.29) is 6.04 Å². The minimum Gasteiger partial charge on any atom is -0.507 e. The van der Waals surface area contributed by atoms with Crippen molar-refractivity contribution in [2.75, 3.05) is 5.32 Å². The standard InChI is InChI=1S/C21H22N4O2/c1-21(27)10-13(11-21)23-20-18-15(6-3-9-22-18)17(24-25-20)16-8-7-12-4-2-5-14(12)19(16)26/h3,6-9,13,26-27H,2,4-5,10-11H2,1H3,(H,23,25). The quantitative estimate of drug-likeness (QED) is 0.663. The van der Waals surface area contributed by atoms with Gasteiger partial charge in [-0.05, 0) is 68.4 Å². The molecular formula is C21H22N4O2. The minimum atomic E-state index is -0.607. The number of nitrogens with zero attached hydrogens (tertiary/aromatic N) is 3. The average Bonchev–Trinajstić information content (AvgIpc) is 3.11. The molecule has 0 spiro atoms. The Morgan fingerprint density at radius 3 is 2.81 bits per heavy atom. The number of hydrogen-bond acceptors (Lipinski definition) is 6. The molecular weight excluding hydrogens is 340 g/mol. The lowest BCUT2D eigenvalue weighted by molar-refractivity contribution is -0.0235. The highest BCUT2D eigenvalue weighted by atomic mass is 16.3. The Morgan fingerprint density at radius 1 is 1.15 bits per heavy atom. The van der Waals surface area contributed by atoms with E-state index in [1.54, 1.807) is 6.20 Å². The lowest BCUT2D eigenvalue weighted by Crippen LogP contribution is -2.48. The minimum absolute atomic E-state index is 0.166. The second-order valence-electron chi connectivity index (χ2n) is 8.00. The van der Waals surface area contributed by atoms with Crippen LogP contribution in [0.2, 0.25) is 0 Å². The van der Waals surface area contributed by atoms with Crippen molar-refractivity contribution in [3.63, 3.8) is 0 Å². The number of aliphatic hydroxyl groups is 1. The zero-order valence-corrected chi connectivity index (χ0v) is 15.2. The number of fused-ring (bicyclic) bond motifs is 2. The number of phenols is 1. The van der Waals surface area contributed by atoms with E-state index in [0.29, 0.717) is 35.7 Å². The highest BCUT2D eigenvalue weighted by molar-refractivity contribution is 5.98. The van der Waals surface area contributed by atoms with Crippen LogP contribution in [-0.4, -0.2) is 37.0 Å². The summed E-state index contributed by atoms with van der Waals surface area (Å²) in [5, 5.41) is 33.8. The van der Waals surface area contributed by atoms with E-state index in [4.69, 9.17) is 0 Å². The number of benzene rings is 1. The summed E-state index contributed by atoms with van der Waals surface area (Å²) >= 11 is 0. The molecule has 2 aliphatic carbocycles. The molecule has 0 bridgehead atoms. The summed E-state index contributed by atoms with van der Waals surface area (Å²) in [5.74, 6) is 0.940. The number of anilines is 1. The molecule has 6 nitrogen and oxygen atoms in total. The SMILES string of the molecule is CC1(O)CC(Nc2nnc(-c3ccc4c(c3O)CCC4)c3cccnc23)C1. The second-order valence-corrected chi connectivity index (χ2v) is 8.00. The molecule has 2 heterocycles. The lowest BCUT2D eigenvalue weighted by atomic mass is 9.77. The molecule has 138 valence electrons. The van der Waals surface area contributed by atoms with Crippen molar-refractivity contribution >= 4 is 16.7 Å². The number of rotatable bonds is 3. The first-order valence-corrected chi connectivity index (χ1v) is 9.46. The fraction of sp³-hybridized carbons (Fsp3) is 0.381. The normalized spacial score (nSPS) is 23.9. The van der Waals surface area contributed by atoms with Crippen LogP contribution in [-0.2, 0) is 12.8 Å². The van der Waals surface area contributed by atoms with Crippen molar-refractivity contribution in [2.24, 2.45) is 0 Å². The van der Waals surface area contributed by atoms with Crippen LogP contribution in [0.15, 0.2) is 30.5 Å². The first-order valence-electron chi connectivity index (χ1n) is 9.46. The third kappa shape index (κ3) is 2.72. The van der Waals surface area contributed by atoms with E-state index in [0.717, 1.165) is 35.7 Å². The Hall–Kier alpha value is -2.73. The highest BCUT2D eigenvalue weighted by Crippen LogP contribution is 2.40. The number of nitrogens with one attached hydrogen (secondary N) is 1. The van der Waals surface area contributed by atoms with Gasteiger partial charge in [0.2, 0.25) is 0 Å². The van der Waals surface area contributed by atoms with Crippen LogP contribution in [0, 0.1) is 0 Å². The van der Waals surface area contributed by atoms with Crippen molar-refractivity contribution in [3.05, 3.63) is 41.6 Å². The van der Waals surface area contributed by atoms with Crippen LogP contribution in [0.1, 0.15) is 37.3 Å². The summed E-state index contributed by atoms with van der Waals surface area (Å²) in [6, 6.07) is 8.02. The molecule has 3 aromatic rings. The molecule has 2 aromatic heterocycles. The Morgan fingerprint density at radius 2 is 2.00 bits per heavy atom. The van der Waals surface area contributed by atoms with E-state index >= 15 is 0 Å². The molecule has 0 amide bonds. The second kappa shape index (κ2) is 5.89. The van der Waals surface area contributed by atoms with Crippen LogP contribution in [0.25, 0.3) is 22.2 Å². The number of pyridine rings is 1. The Labute approximate surface area is 157 Å². The number of aryl methyl sites for hydroxylation is 1. The molecule has 3 N–H and O–H groups in total. The van der Waals surface area contributed by atoms with Crippen LogP contribution >= 0.6 is 0 Å². The van der Waals surface area contributed by atoms with Gasteiger partial charge in [-0.15, -0.1) is 10.2 Å². The van der Waals surface area contributed by atoms with Gasteiger partial charge in [-0.3, -0.25) is 4.98 Å². The lowest BCUT2D eigenvalue weighted by Gasteiger charge is -2.41. The van der Waals surface area contributed by atoms with Crippen molar-refractivity contribution in [3.8, 4) is 17.0 Å². The first kappa shape index (κ1) is 16.4. The van der Waals surface area contributed by atoms with E-state index in [2.05, 4.69) is 26.6 Å². The van der Waals surface area contributed by atoms with Gasteiger partial charge in [0.05, 0.1) is 5.60 Å². The summed E-state index contributed by atoms with van der Waals surface area (Å²) in [6.45, 7) is 1.84. The van der Waals surface area contributed by atoms with Crippen LogP contribution in [0.5, 0.6) is 5.75 Å². The third-order valence-electron chi connectivity index (χ3n) is 5.76. The topological polar surface area (TPSA) is 91.2 Å². The summed E-state index contributed by atoms with van der Waals surface area (Å²) in [6.07, 6.45) is 6.09. The molecule has 2 aliphatic rings. The molecule has 0 unspecified atom stereocenters. The van der Waals surface area contributed by atoms with Crippen LogP contribution in [0.3, 0.4) is 0 Å². The fourth-order valence-corrected chi connectivity index (χ4v) is 4.42. The monoisotopic (exact) mass is 362 g/mol. The molecule has 1 fully saturated rings. The maximum atomic E-state index is 10.8. The van der Waals surface area contributed by atoms with Crippen molar-refractivity contribution in [1.82, 2.24) is 15.2 Å². The Kier molecular flexibility index (Phi) is 3.59. The molecule has 6 heteroatoms. The molecule has 0 radical (unpaired) electrons. The molecule has 1 aromatic carbocycles. The Bertz CT molecular complexity index is 1040. The van der Waals surface area contributed by atoms with Crippen LogP contribution < -0.4 is 5.32 Å². The summed E-state index contributed by atoms with van der Waals surface area (Å²) < 4.78 is 0. The molecule has 0 saturated heterocycles. The molecule has 1 saturated carbocycles. The largest absolute Gasteiger partial charge is 0.507 e. The third-order valence-corrected chi connectivity index (χ3v) is 5.76. The predicted molar refractivity (Wildman–Crippen MR) is 104 cm³/mol. The zero-order valence-electron chi connectivity index (χ0n) is 15.2. The van der Waals surface area contributed by atoms with Gasteiger partial charge in [-0.1, -0.05) is 6.07 Å². The fourth-order valence-electron chi connectivity index (χ4n) is 4.42. The zero-order chi connectivity index (χ0) is 18.6. The smallest absolute Gasteiger partial charge is 0.175 e. The molecule has 5 rings (SSSR count). The summed E-state index contributed by atoms with van der Waals surface area (Å²) in [4.78, 5) is 4.51. The number of hydrogen-bond donors (Lipinski definition) is 3.